The Hall–Kier alpha value is -2.31. The van der Waals surface area contributed by atoms with Crippen molar-refractivity contribution < 1.29 is 18.3 Å². The number of fused-ring (bicyclic) bond motifs is 1. The highest BCUT2D eigenvalue weighted by atomic mass is 35.5. The minimum atomic E-state index is -3.10. The van der Waals surface area contributed by atoms with Crippen LogP contribution in [0.5, 0.6) is 0 Å². The van der Waals surface area contributed by atoms with Crippen molar-refractivity contribution >= 4 is 38.3 Å². The van der Waals surface area contributed by atoms with Gasteiger partial charge in [0.25, 0.3) is 0 Å². The molecule has 1 aromatic heterocycles. The van der Waals surface area contributed by atoms with Crippen LogP contribution in [0.25, 0.3) is 10.9 Å². The molecule has 1 N–H and O–H groups in total. The van der Waals surface area contributed by atoms with Crippen LogP contribution in [0.4, 0.5) is 0 Å². The van der Waals surface area contributed by atoms with Crippen molar-refractivity contribution in [1.82, 2.24) is 4.57 Å². The van der Waals surface area contributed by atoms with Crippen LogP contribution in [0.3, 0.4) is 0 Å². The van der Waals surface area contributed by atoms with Crippen LogP contribution in [-0.4, -0.2) is 36.1 Å². The number of aliphatic carboxylic acids is 1. The van der Waals surface area contributed by atoms with Crippen LogP contribution in [0.15, 0.2) is 54.7 Å². The molecule has 0 radical (unpaired) electrons. The highest BCUT2D eigenvalue weighted by molar-refractivity contribution is 7.90. The van der Waals surface area contributed by atoms with Crippen LogP contribution in [0.2, 0.25) is 5.02 Å². The maximum atomic E-state index is 12.7. The first-order valence-corrected chi connectivity index (χ1v) is 11.8. The molecule has 3 rings (SSSR count). The average molecular weight is 434 g/mol. The fraction of sp³-hybridized carbons (Fsp3) is 0.318. The quantitative estimate of drug-likeness (QED) is 0.600. The van der Waals surface area contributed by atoms with E-state index < -0.39 is 21.3 Å². The molecular weight excluding hydrogens is 410 g/mol. The smallest absolute Gasteiger partial charge is 0.334 e. The molecule has 0 bridgehead atoms. The summed E-state index contributed by atoms with van der Waals surface area (Å²) in [5, 5.41) is 11.8. The predicted molar refractivity (Wildman–Crippen MR) is 116 cm³/mol. The van der Waals surface area contributed by atoms with Gasteiger partial charge in [0.1, 0.15) is 9.84 Å². The van der Waals surface area contributed by atoms with Gasteiger partial charge in [0.05, 0.1) is 5.75 Å². The van der Waals surface area contributed by atoms with Crippen molar-refractivity contribution in [2.75, 3.05) is 12.0 Å². The number of halogens is 1. The second kappa shape index (κ2) is 7.84. The Morgan fingerprint density at radius 2 is 1.79 bits per heavy atom. The molecule has 0 aliphatic rings. The lowest BCUT2D eigenvalue weighted by Crippen LogP contribution is -2.47. The summed E-state index contributed by atoms with van der Waals surface area (Å²) in [7, 11) is -3.10. The Morgan fingerprint density at radius 1 is 1.14 bits per heavy atom. The van der Waals surface area contributed by atoms with Crippen molar-refractivity contribution in [2.24, 2.45) is 5.92 Å². The van der Waals surface area contributed by atoms with Crippen molar-refractivity contribution in [3.8, 4) is 0 Å². The molecule has 1 atom stereocenters. The van der Waals surface area contributed by atoms with Crippen LogP contribution in [-0.2, 0) is 26.6 Å². The number of hydrogen-bond acceptors (Lipinski definition) is 3. The predicted octanol–water partition coefficient (Wildman–Crippen LogP) is 4.37. The number of rotatable bonds is 7. The first-order chi connectivity index (χ1) is 13.6. The average Bonchev–Trinajstić information content (AvgIpc) is 3.06. The Morgan fingerprint density at radius 3 is 2.34 bits per heavy atom. The molecule has 5 nitrogen and oxygen atoms in total. The molecule has 0 saturated heterocycles. The lowest BCUT2D eigenvalue weighted by atomic mass is 9.79. The Kier molecular flexibility index (Phi) is 5.79. The molecule has 0 spiro atoms. The van der Waals surface area contributed by atoms with Crippen molar-refractivity contribution in [2.45, 2.75) is 25.8 Å². The molecule has 2 aromatic carbocycles. The lowest BCUT2D eigenvalue weighted by molar-refractivity contribution is -0.147. The van der Waals surface area contributed by atoms with Gasteiger partial charge in [-0.25, -0.2) is 13.2 Å². The van der Waals surface area contributed by atoms with E-state index in [-0.39, 0.29) is 11.7 Å². The molecule has 1 heterocycles. The SMILES string of the molecule is CC(C)C(C(=O)O)(c1ccc(Cl)cc1)n1ccc2c(CCS(C)(=O)=O)cccc21. The molecule has 0 fully saturated rings. The van der Waals surface area contributed by atoms with Crippen molar-refractivity contribution in [3.05, 3.63) is 70.9 Å². The molecule has 3 aromatic rings. The van der Waals surface area contributed by atoms with Crippen molar-refractivity contribution in [3.63, 3.8) is 0 Å². The summed E-state index contributed by atoms with van der Waals surface area (Å²) in [6.45, 7) is 3.75. The topological polar surface area (TPSA) is 76.4 Å². The number of aryl methyl sites for hydroxylation is 1. The molecule has 1 unspecified atom stereocenters. The van der Waals surface area contributed by atoms with Gasteiger partial charge in [-0.15, -0.1) is 0 Å². The number of hydrogen-bond donors (Lipinski definition) is 1. The van der Waals surface area contributed by atoms with Crippen molar-refractivity contribution in [1.29, 1.82) is 0 Å². The maximum Gasteiger partial charge on any atom is 0.334 e. The second-order valence-corrected chi connectivity index (χ2v) is 10.3. The van der Waals surface area contributed by atoms with Crippen LogP contribution in [0, 0.1) is 5.92 Å². The van der Waals surface area contributed by atoms with Gasteiger partial charge < -0.3 is 9.67 Å². The summed E-state index contributed by atoms with van der Waals surface area (Å²) >= 11 is 6.03. The van der Waals surface area contributed by atoms with E-state index in [1.807, 2.05) is 38.1 Å². The third-order valence-corrected chi connectivity index (χ3v) is 6.59. The number of carbonyl (C=O) groups is 1. The van der Waals surface area contributed by atoms with Gasteiger partial charge in [-0.1, -0.05) is 49.7 Å². The molecule has 0 aliphatic carbocycles. The number of benzene rings is 2. The number of sulfone groups is 1. The van der Waals surface area contributed by atoms with Gasteiger partial charge in [-0.3, -0.25) is 0 Å². The molecule has 7 heteroatoms. The lowest BCUT2D eigenvalue weighted by Gasteiger charge is -2.36. The van der Waals surface area contributed by atoms with Gasteiger partial charge in [0.15, 0.2) is 5.54 Å². The molecule has 29 heavy (non-hydrogen) atoms. The fourth-order valence-corrected chi connectivity index (χ4v) is 4.70. The van der Waals surface area contributed by atoms with Crippen LogP contribution >= 0.6 is 11.6 Å². The minimum absolute atomic E-state index is 0.0444. The monoisotopic (exact) mass is 433 g/mol. The molecule has 0 aliphatic heterocycles. The van der Waals surface area contributed by atoms with E-state index in [2.05, 4.69) is 0 Å². The Labute approximate surface area is 175 Å². The van der Waals surface area contributed by atoms with E-state index in [9.17, 15) is 18.3 Å². The van der Waals surface area contributed by atoms with Crippen LogP contribution in [0.1, 0.15) is 25.0 Å². The highest BCUT2D eigenvalue weighted by Gasteiger charge is 2.46. The van der Waals surface area contributed by atoms with E-state index >= 15 is 0 Å². The molecule has 0 amide bonds. The third-order valence-electron chi connectivity index (χ3n) is 5.39. The van der Waals surface area contributed by atoms with E-state index in [4.69, 9.17) is 11.6 Å². The fourth-order valence-electron chi connectivity index (χ4n) is 3.98. The zero-order chi connectivity index (χ0) is 21.4. The molecule has 154 valence electrons. The van der Waals surface area contributed by atoms with E-state index in [1.54, 1.807) is 35.0 Å². The highest BCUT2D eigenvalue weighted by Crippen LogP contribution is 2.39. The summed E-state index contributed by atoms with van der Waals surface area (Å²) in [5.74, 6) is -1.19. The third kappa shape index (κ3) is 3.91. The number of carboxylic acids is 1. The maximum absolute atomic E-state index is 12.7. The standard InChI is InChI=1S/C22H24ClNO4S/c1-15(2)22(21(25)26,17-7-9-18(23)10-8-17)24-13-11-19-16(5-4-6-20(19)24)12-14-29(3,27)28/h4-11,13,15H,12,14H2,1-3H3,(H,25,26). The van der Waals surface area contributed by atoms with Gasteiger partial charge in [0, 0.05) is 28.4 Å². The number of aromatic nitrogens is 1. The van der Waals surface area contributed by atoms with Gasteiger partial charge in [0.2, 0.25) is 0 Å². The van der Waals surface area contributed by atoms with E-state index in [0.29, 0.717) is 17.0 Å². The Bertz CT molecular complexity index is 1150. The first kappa shape index (κ1) is 21.4. The number of carboxylic acid groups (broad SMARTS) is 1. The summed E-state index contributed by atoms with van der Waals surface area (Å²) in [6.07, 6.45) is 3.37. The van der Waals surface area contributed by atoms with E-state index in [1.165, 1.54) is 6.26 Å². The van der Waals surface area contributed by atoms with E-state index in [0.717, 1.165) is 16.5 Å². The van der Waals surface area contributed by atoms with Gasteiger partial charge >= 0.3 is 5.97 Å². The normalized spacial score (nSPS) is 14.2. The molecule has 0 saturated carbocycles. The first-order valence-electron chi connectivity index (χ1n) is 9.34. The van der Waals surface area contributed by atoms with Crippen LogP contribution < -0.4 is 0 Å². The summed E-state index contributed by atoms with van der Waals surface area (Å²) in [6, 6.07) is 14.3. The Balaban J connectivity index is 2.24. The number of nitrogens with zero attached hydrogens (tertiary/aromatic N) is 1. The summed E-state index contributed by atoms with van der Waals surface area (Å²) in [4.78, 5) is 12.7. The zero-order valence-electron chi connectivity index (χ0n) is 16.6. The summed E-state index contributed by atoms with van der Waals surface area (Å²) in [5.41, 5.74) is 0.929. The van der Waals surface area contributed by atoms with Gasteiger partial charge in [-0.2, -0.15) is 0 Å². The second-order valence-electron chi connectivity index (χ2n) is 7.65. The molecular formula is C22H24ClNO4S. The largest absolute Gasteiger partial charge is 0.479 e. The zero-order valence-corrected chi connectivity index (χ0v) is 18.2. The minimum Gasteiger partial charge on any atom is -0.479 e. The summed E-state index contributed by atoms with van der Waals surface area (Å²) < 4.78 is 25.0. The van der Waals surface area contributed by atoms with Gasteiger partial charge in [-0.05, 0) is 47.7 Å².